The van der Waals surface area contributed by atoms with E-state index >= 15 is 0 Å². The van der Waals surface area contributed by atoms with Crippen molar-refractivity contribution in [1.29, 1.82) is 0 Å². The molecule has 0 rings (SSSR count). The van der Waals surface area contributed by atoms with Crippen LogP contribution in [0.2, 0.25) is 0 Å². The Bertz CT molecular complexity index is 87.5. The van der Waals surface area contributed by atoms with Gasteiger partial charge < -0.3 is 9.90 Å². The van der Waals surface area contributed by atoms with Crippen molar-refractivity contribution >= 4 is 11.8 Å². The maximum absolute atomic E-state index is 9.83. The summed E-state index contributed by atoms with van der Waals surface area (Å²) in [6.45, 7) is 1.20. The second kappa shape index (κ2) is 6.31. The van der Waals surface area contributed by atoms with Gasteiger partial charge in [-0.05, 0) is 6.92 Å². The van der Waals surface area contributed by atoms with E-state index in [0.717, 1.165) is 0 Å². The molecular formula is C4H5CsO3. The maximum Gasteiger partial charge on any atom is 1.00 e. The Balaban J connectivity index is 0. The Kier molecular flexibility index (Phi) is 9.41. The minimum atomic E-state index is -1.31. The van der Waals surface area contributed by atoms with Gasteiger partial charge in [-0.15, -0.1) is 0 Å². The van der Waals surface area contributed by atoms with Gasteiger partial charge >= 0.3 is 68.9 Å². The summed E-state index contributed by atoms with van der Waals surface area (Å²) >= 11 is 0. The summed E-state index contributed by atoms with van der Waals surface area (Å²) in [7, 11) is 0. The number of Topliss-reactive ketones (excluding diaryl/α,β-unsaturated/α-hetero) is 1. The number of rotatable bonds is 2. The molecule has 0 spiro atoms. The zero-order valence-corrected chi connectivity index (χ0v) is 11.2. The van der Waals surface area contributed by atoms with Crippen LogP contribution in [0.1, 0.15) is 13.3 Å². The van der Waals surface area contributed by atoms with Gasteiger partial charge in [-0.3, -0.25) is 4.79 Å². The summed E-state index contributed by atoms with van der Waals surface area (Å²) in [4.78, 5) is 19.3. The summed E-state index contributed by atoms with van der Waals surface area (Å²) in [5.41, 5.74) is 0. The summed E-state index contributed by atoms with van der Waals surface area (Å²) in [5.74, 6) is -1.69. The van der Waals surface area contributed by atoms with Crippen LogP contribution in [0, 0.1) is 0 Å². The van der Waals surface area contributed by atoms with E-state index in [1.54, 1.807) is 0 Å². The summed E-state index contributed by atoms with van der Waals surface area (Å²) < 4.78 is 0. The Hall–Kier alpha value is 1.19. The molecule has 0 atom stereocenters. The van der Waals surface area contributed by atoms with Crippen LogP contribution in [0.15, 0.2) is 0 Å². The zero-order chi connectivity index (χ0) is 5.86. The first-order chi connectivity index (χ1) is 3.13. The van der Waals surface area contributed by atoms with Crippen LogP contribution in [0.4, 0.5) is 0 Å². The topological polar surface area (TPSA) is 57.2 Å². The third kappa shape index (κ3) is 10.2. The van der Waals surface area contributed by atoms with E-state index < -0.39 is 12.4 Å². The third-order valence-electron chi connectivity index (χ3n) is 0.393. The smallest absolute Gasteiger partial charge is 0.550 e. The summed E-state index contributed by atoms with van der Waals surface area (Å²) in [6.07, 6.45) is -0.472. The summed E-state index contributed by atoms with van der Waals surface area (Å²) in [5, 5.41) is 9.48. The molecule has 0 aliphatic heterocycles. The number of hydrogen-bond acceptors (Lipinski definition) is 3. The van der Waals surface area contributed by atoms with Crippen molar-refractivity contribution < 1.29 is 83.6 Å². The second-order valence-corrected chi connectivity index (χ2v) is 1.25. The number of carboxylic acid groups (broad SMARTS) is 1. The standard InChI is InChI=1S/C4H6O3.Cs/c1-3(5)2-4(6)7;/h2H2,1H3,(H,6,7);/q;+1/p-1. The molecule has 0 saturated heterocycles. The molecule has 0 N–H and O–H groups in total. The minimum Gasteiger partial charge on any atom is -0.550 e. The Morgan fingerprint density at radius 1 is 1.50 bits per heavy atom. The summed E-state index contributed by atoms with van der Waals surface area (Å²) in [6, 6.07) is 0. The van der Waals surface area contributed by atoms with Crippen LogP contribution < -0.4 is 74.0 Å². The fourth-order valence-electron chi connectivity index (χ4n) is 0.203. The van der Waals surface area contributed by atoms with Gasteiger partial charge in [-0.1, -0.05) is 0 Å². The zero-order valence-electron chi connectivity index (χ0n) is 4.93. The van der Waals surface area contributed by atoms with Crippen LogP contribution in [0.3, 0.4) is 0 Å². The third-order valence-corrected chi connectivity index (χ3v) is 0.393. The van der Waals surface area contributed by atoms with E-state index in [9.17, 15) is 14.7 Å². The van der Waals surface area contributed by atoms with Gasteiger partial charge in [0.25, 0.3) is 0 Å². The van der Waals surface area contributed by atoms with Crippen molar-refractivity contribution in [3.05, 3.63) is 0 Å². The second-order valence-electron chi connectivity index (χ2n) is 1.25. The molecule has 0 bridgehead atoms. The predicted octanol–water partition coefficient (Wildman–Crippen LogP) is -4.28. The molecule has 0 aliphatic carbocycles. The molecule has 3 nitrogen and oxygen atoms in total. The SMILES string of the molecule is CC(=O)CC(=O)[O-].[Cs+]. The number of carbonyl (C=O) groups is 2. The van der Waals surface area contributed by atoms with Crippen molar-refractivity contribution in [2.24, 2.45) is 0 Å². The average molecular weight is 234 g/mol. The fourth-order valence-corrected chi connectivity index (χ4v) is 0.203. The Labute approximate surface area is 106 Å². The van der Waals surface area contributed by atoms with Crippen LogP contribution in [-0.2, 0) is 9.59 Å². The van der Waals surface area contributed by atoms with Crippen molar-refractivity contribution in [1.82, 2.24) is 0 Å². The van der Waals surface area contributed by atoms with Crippen LogP contribution in [0.25, 0.3) is 0 Å². The average Bonchev–Trinajstić information content (AvgIpc) is 1.27. The van der Waals surface area contributed by atoms with E-state index in [1.165, 1.54) is 6.92 Å². The van der Waals surface area contributed by atoms with E-state index in [2.05, 4.69) is 0 Å². The molecule has 8 heavy (non-hydrogen) atoms. The molecule has 4 heteroatoms. The molecule has 0 aromatic carbocycles. The monoisotopic (exact) mass is 234 g/mol. The van der Waals surface area contributed by atoms with Crippen LogP contribution in [-0.4, -0.2) is 11.8 Å². The quantitative estimate of drug-likeness (QED) is 0.454. The number of aliphatic carboxylic acids is 1. The van der Waals surface area contributed by atoms with Gasteiger partial charge in [0.05, 0.1) is 0 Å². The number of carboxylic acids is 1. The molecular weight excluding hydrogens is 229 g/mol. The Morgan fingerprint density at radius 3 is 1.88 bits per heavy atom. The van der Waals surface area contributed by atoms with Gasteiger partial charge in [-0.25, -0.2) is 0 Å². The van der Waals surface area contributed by atoms with E-state index in [-0.39, 0.29) is 74.7 Å². The molecule has 0 heterocycles. The number of ketones is 1. The molecule has 40 valence electrons. The normalized spacial score (nSPS) is 7.12. The first-order valence-electron chi connectivity index (χ1n) is 1.82. The van der Waals surface area contributed by atoms with Gasteiger partial charge in [0.1, 0.15) is 5.78 Å². The first-order valence-corrected chi connectivity index (χ1v) is 1.82. The minimum absolute atomic E-state index is 0. The number of carbonyl (C=O) groups excluding carboxylic acids is 2. The van der Waals surface area contributed by atoms with Crippen molar-refractivity contribution in [3.8, 4) is 0 Å². The predicted molar refractivity (Wildman–Crippen MR) is 20.3 cm³/mol. The van der Waals surface area contributed by atoms with Gasteiger partial charge in [0.15, 0.2) is 0 Å². The van der Waals surface area contributed by atoms with Gasteiger partial charge in [0.2, 0.25) is 0 Å². The van der Waals surface area contributed by atoms with Crippen molar-refractivity contribution in [2.75, 3.05) is 0 Å². The van der Waals surface area contributed by atoms with E-state index in [0.29, 0.717) is 0 Å². The molecule has 0 radical (unpaired) electrons. The first kappa shape index (κ1) is 11.9. The fraction of sp³-hybridized carbons (Fsp3) is 0.500. The molecule has 0 saturated carbocycles. The molecule has 0 unspecified atom stereocenters. The van der Waals surface area contributed by atoms with Crippen LogP contribution in [0.5, 0.6) is 0 Å². The van der Waals surface area contributed by atoms with Gasteiger partial charge in [0, 0.05) is 12.4 Å². The molecule has 0 aliphatic rings. The van der Waals surface area contributed by atoms with Crippen molar-refractivity contribution in [2.45, 2.75) is 13.3 Å². The van der Waals surface area contributed by atoms with Crippen LogP contribution >= 0.6 is 0 Å². The van der Waals surface area contributed by atoms with E-state index in [4.69, 9.17) is 0 Å². The number of hydrogen-bond donors (Lipinski definition) is 0. The molecule has 0 amide bonds. The molecule has 0 fully saturated rings. The Morgan fingerprint density at radius 2 is 1.88 bits per heavy atom. The molecule has 0 aromatic rings. The van der Waals surface area contributed by atoms with Gasteiger partial charge in [-0.2, -0.15) is 0 Å². The maximum atomic E-state index is 9.83. The molecule has 0 aromatic heterocycles. The van der Waals surface area contributed by atoms with E-state index in [1.807, 2.05) is 0 Å². The largest absolute Gasteiger partial charge is 1.00 e. The van der Waals surface area contributed by atoms with Crippen molar-refractivity contribution in [3.63, 3.8) is 0 Å².